The van der Waals surface area contributed by atoms with Crippen LogP contribution in [-0.2, 0) is 9.53 Å². The Kier molecular flexibility index (Phi) is 5.03. The topological polar surface area (TPSA) is 74.4 Å². The molecule has 1 heterocycles. The summed E-state index contributed by atoms with van der Waals surface area (Å²) in [7, 11) is 0. The van der Waals surface area contributed by atoms with Crippen LogP contribution in [0.3, 0.4) is 0 Å². The fourth-order valence-electron chi connectivity index (χ4n) is 1.08. The monoisotopic (exact) mass is 320 g/mol. The van der Waals surface area contributed by atoms with Crippen molar-refractivity contribution in [2.24, 2.45) is 0 Å². The van der Waals surface area contributed by atoms with Gasteiger partial charge in [-0.15, -0.1) is 6.42 Å². The van der Waals surface area contributed by atoms with E-state index >= 15 is 0 Å². The Labute approximate surface area is 125 Å². The molecule has 0 saturated heterocycles. The van der Waals surface area contributed by atoms with Crippen molar-refractivity contribution < 1.29 is 18.7 Å². The van der Waals surface area contributed by atoms with Crippen LogP contribution in [0.5, 0.6) is 5.88 Å². The van der Waals surface area contributed by atoms with Crippen molar-refractivity contribution >= 4 is 34.9 Å². The van der Waals surface area contributed by atoms with Gasteiger partial charge in [0.1, 0.15) is 10.0 Å². The third kappa shape index (κ3) is 3.89. The fourth-order valence-corrected chi connectivity index (χ4v) is 1.45. The number of halogens is 3. The van der Waals surface area contributed by atoms with Gasteiger partial charge >= 0.3 is 5.97 Å². The molecule has 0 amide bonds. The van der Waals surface area contributed by atoms with Gasteiger partial charge in [-0.2, -0.15) is 9.37 Å². The van der Waals surface area contributed by atoms with E-state index in [0.29, 0.717) is 0 Å². The highest BCUT2D eigenvalue weighted by molar-refractivity contribution is 6.39. The first-order valence-corrected chi connectivity index (χ1v) is 6.06. The van der Waals surface area contributed by atoms with Crippen molar-refractivity contribution in [3.8, 4) is 18.2 Å². The number of pyridine rings is 1. The summed E-state index contributed by atoms with van der Waals surface area (Å²) in [4.78, 5) is 14.8. The minimum atomic E-state index is -1.08. The lowest BCUT2D eigenvalue weighted by Gasteiger charge is -2.18. The van der Waals surface area contributed by atoms with E-state index in [1.54, 1.807) is 0 Å². The number of terminal acetylenes is 1. The zero-order valence-electron chi connectivity index (χ0n) is 10.7. The molecule has 0 bridgehead atoms. The second kappa shape index (κ2) is 6.16. The summed E-state index contributed by atoms with van der Waals surface area (Å²) in [5, 5.41) is -0.612. The van der Waals surface area contributed by atoms with Crippen molar-refractivity contribution in [3.05, 3.63) is 16.0 Å². The van der Waals surface area contributed by atoms with Gasteiger partial charge < -0.3 is 15.2 Å². The number of carbonyl (C=O) groups is 1. The Hall–Kier alpha value is -1.71. The summed E-state index contributed by atoms with van der Waals surface area (Å²) < 4.78 is 23.1. The molecule has 20 heavy (non-hydrogen) atoms. The fraction of sp³-hybridized carbons (Fsp3) is 0.333. The summed E-state index contributed by atoms with van der Waals surface area (Å²) >= 11 is 11.3. The molecule has 0 saturated carbocycles. The number of nitrogens with zero attached hydrogens (tertiary/aromatic N) is 1. The molecule has 2 N–H and O–H groups in total. The van der Waals surface area contributed by atoms with Gasteiger partial charge in [0.25, 0.3) is 0 Å². The number of nitrogen functional groups attached to an aromatic ring is 1. The van der Waals surface area contributed by atoms with Crippen molar-refractivity contribution in [2.45, 2.75) is 19.4 Å². The molecular formula is C12H11Cl2FN2O3. The molecular weight excluding hydrogens is 310 g/mol. The van der Waals surface area contributed by atoms with Crippen LogP contribution in [0.4, 0.5) is 10.1 Å². The Morgan fingerprint density at radius 1 is 1.50 bits per heavy atom. The van der Waals surface area contributed by atoms with Crippen LogP contribution >= 0.6 is 23.2 Å². The molecule has 1 aromatic rings. The molecule has 0 atom stereocenters. The van der Waals surface area contributed by atoms with E-state index in [-0.39, 0.29) is 16.6 Å². The zero-order chi connectivity index (χ0) is 15.5. The third-order valence-corrected chi connectivity index (χ3v) is 2.81. The number of nitrogens with two attached hydrogens (primary N) is 1. The lowest BCUT2D eigenvalue weighted by Crippen LogP contribution is -2.29. The van der Waals surface area contributed by atoms with Gasteiger partial charge in [0, 0.05) is 0 Å². The van der Waals surface area contributed by atoms with Crippen LogP contribution in [0.2, 0.25) is 10.0 Å². The zero-order valence-corrected chi connectivity index (χ0v) is 12.2. The van der Waals surface area contributed by atoms with Crippen LogP contribution in [0.15, 0.2) is 0 Å². The number of esters is 1. The predicted molar refractivity (Wildman–Crippen MR) is 73.1 cm³/mol. The number of anilines is 1. The number of rotatable bonds is 4. The summed E-state index contributed by atoms with van der Waals surface area (Å²) in [6, 6.07) is 0. The van der Waals surface area contributed by atoms with E-state index in [1.807, 2.05) is 0 Å². The van der Waals surface area contributed by atoms with Crippen LogP contribution in [0.1, 0.15) is 13.8 Å². The van der Waals surface area contributed by atoms with E-state index in [2.05, 4.69) is 10.9 Å². The first-order valence-electron chi connectivity index (χ1n) is 5.30. The molecule has 0 unspecified atom stereocenters. The smallest absolute Gasteiger partial charge is 0.345 e. The normalized spacial score (nSPS) is 10.8. The maximum Gasteiger partial charge on any atom is 0.345 e. The summed E-state index contributed by atoms with van der Waals surface area (Å²) in [5.74, 6) is 0.0912. The van der Waals surface area contributed by atoms with E-state index in [9.17, 15) is 9.18 Å². The summed E-state index contributed by atoms with van der Waals surface area (Å²) in [6.45, 7) is 2.49. The Bertz CT molecular complexity index is 585. The number of hydrogen-bond donors (Lipinski definition) is 1. The highest BCUT2D eigenvalue weighted by Crippen LogP contribution is 2.35. The molecule has 1 aromatic heterocycles. The van der Waals surface area contributed by atoms with E-state index < -0.39 is 29.1 Å². The molecule has 1 rings (SSSR count). The molecule has 0 aliphatic heterocycles. The molecule has 108 valence electrons. The molecule has 0 aliphatic carbocycles. The van der Waals surface area contributed by atoms with Gasteiger partial charge in [-0.3, -0.25) is 0 Å². The van der Waals surface area contributed by atoms with Gasteiger partial charge in [0.2, 0.25) is 11.8 Å². The highest BCUT2D eigenvalue weighted by Gasteiger charge is 2.21. The van der Waals surface area contributed by atoms with E-state index in [1.165, 1.54) is 13.8 Å². The molecule has 0 spiro atoms. The Morgan fingerprint density at radius 3 is 2.65 bits per heavy atom. The van der Waals surface area contributed by atoms with Crippen molar-refractivity contribution in [2.75, 3.05) is 12.3 Å². The number of carbonyl (C=O) groups excluding carboxylic acids is 1. The van der Waals surface area contributed by atoms with Crippen LogP contribution in [-0.4, -0.2) is 23.2 Å². The Balaban J connectivity index is 2.77. The quantitative estimate of drug-likeness (QED) is 0.524. The molecule has 0 radical (unpaired) electrons. The molecule has 5 nitrogen and oxygen atoms in total. The lowest BCUT2D eigenvalue weighted by molar-refractivity contribution is -0.154. The standard InChI is InChI=1S/C12H11Cl2FN2O3/c1-4-12(2,3)20-6(18)5-19-11-8(14)9(16)7(13)10(15)17-11/h1H,5H2,2-3H3,(H2,16,17). The average Bonchev–Trinajstić information content (AvgIpc) is 2.38. The predicted octanol–water partition coefficient (Wildman–Crippen LogP) is 2.44. The van der Waals surface area contributed by atoms with Gasteiger partial charge in [-0.05, 0) is 13.8 Å². The average molecular weight is 321 g/mol. The van der Waals surface area contributed by atoms with E-state index in [4.69, 9.17) is 44.8 Å². The lowest BCUT2D eigenvalue weighted by atomic mass is 10.1. The summed E-state index contributed by atoms with van der Waals surface area (Å²) in [5.41, 5.74) is 4.14. The third-order valence-electron chi connectivity index (χ3n) is 2.08. The largest absolute Gasteiger partial charge is 0.464 e. The molecule has 0 aromatic carbocycles. The van der Waals surface area contributed by atoms with Crippen molar-refractivity contribution in [3.63, 3.8) is 0 Å². The van der Waals surface area contributed by atoms with Crippen molar-refractivity contribution in [1.82, 2.24) is 4.98 Å². The van der Waals surface area contributed by atoms with Gasteiger partial charge in [-0.1, -0.05) is 29.1 Å². The number of aromatic nitrogens is 1. The van der Waals surface area contributed by atoms with Crippen LogP contribution < -0.4 is 10.5 Å². The van der Waals surface area contributed by atoms with Gasteiger partial charge in [-0.25, -0.2) is 4.79 Å². The first-order chi connectivity index (χ1) is 9.18. The maximum atomic E-state index is 13.3. The number of hydrogen-bond acceptors (Lipinski definition) is 5. The van der Waals surface area contributed by atoms with Gasteiger partial charge in [0.05, 0.1) is 5.69 Å². The molecule has 0 aliphatic rings. The van der Waals surface area contributed by atoms with Crippen molar-refractivity contribution in [1.29, 1.82) is 0 Å². The second-order valence-corrected chi connectivity index (χ2v) is 4.92. The van der Waals surface area contributed by atoms with Gasteiger partial charge in [0.15, 0.2) is 12.2 Å². The Morgan fingerprint density at radius 2 is 2.10 bits per heavy atom. The maximum absolute atomic E-state index is 13.3. The minimum Gasteiger partial charge on any atom is -0.464 e. The first kappa shape index (κ1) is 16.3. The second-order valence-electron chi connectivity index (χ2n) is 4.17. The molecule has 0 fully saturated rings. The minimum absolute atomic E-state index is 0.194. The number of ether oxygens (including phenoxy) is 2. The highest BCUT2D eigenvalue weighted by atomic mass is 35.5. The SMILES string of the molecule is C#CC(C)(C)OC(=O)COc1nc(F)c(Cl)c(N)c1Cl. The molecule has 8 heteroatoms. The summed E-state index contributed by atoms with van der Waals surface area (Å²) in [6.07, 6.45) is 5.16. The van der Waals surface area contributed by atoms with E-state index in [0.717, 1.165) is 0 Å². The van der Waals surface area contributed by atoms with Crippen LogP contribution in [0, 0.1) is 18.3 Å². The van der Waals surface area contributed by atoms with Crippen LogP contribution in [0.25, 0.3) is 0 Å².